The summed E-state index contributed by atoms with van der Waals surface area (Å²) < 4.78 is 7.44. The quantitative estimate of drug-likeness (QED) is 0.103. The van der Waals surface area contributed by atoms with Gasteiger partial charge < -0.3 is 26.0 Å². The zero-order valence-electron chi connectivity index (χ0n) is 32.2. The van der Waals surface area contributed by atoms with E-state index in [-0.39, 0.29) is 17.9 Å². The fourth-order valence-electron chi connectivity index (χ4n) is 6.96. The molecular formula is C45H44N10O3. The van der Waals surface area contributed by atoms with Gasteiger partial charge in [-0.15, -0.1) is 0 Å². The monoisotopic (exact) mass is 772 g/mol. The molecule has 4 heterocycles. The highest BCUT2D eigenvalue weighted by molar-refractivity contribution is 6.04. The van der Waals surface area contributed by atoms with Crippen LogP contribution >= 0.6 is 0 Å². The lowest BCUT2D eigenvalue weighted by atomic mass is 9.92. The number of morpholine rings is 1. The van der Waals surface area contributed by atoms with Gasteiger partial charge in [-0.3, -0.25) is 19.4 Å². The Kier molecular flexibility index (Phi) is 12.8. The number of hydrogen-bond donors (Lipinski definition) is 5. The standard InChI is InChI=1S/C23H23N5O2.C22H21N5O/c1-2-28-21(13-20(27-28)17-5-3-16(14-24)4-6-17)23(29)26-19-9-7-18(8-10-19)22-15-25-11-12-30-22;23-13-15-3-1-4-17(11-15)20-12-21(27-26-20)22(28)25-19-8-6-16(7-9-19)18-5-2-10-24-14-18/h3-10,13,22,25H,2,11-12,15H2,1H3,(H,26,29);1,3-4,6-9,11-12,18,24H,2,5,10,14H2,(H,25,28)(H,26,27)/t22-;18-/m11/s1. The second-order valence-electron chi connectivity index (χ2n) is 14.0. The number of aromatic amines is 1. The number of nitriles is 2. The van der Waals surface area contributed by atoms with E-state index in [0.717, 1.165) is 54.2 Å². The number of aryl methyl sites for hydroxylation is 1. The number of rotatable bonds is 9. The van der Waals surface area contributed by atoms with Gasteiger partial charge in [-0.05, 0) is 104 Å². The molecule has 4 aromatic carbocycles. The maximum Gasteiger partial charge on any atom is 0.273 e. The van der Waals surface area contributed by atoms with Crippen LogP contribution in [-0.2, 0) is 11.3 Å². The molecule has 8 rings (SSSR count). The van der Waals surface area contributed by atoms with Gasteiger partial charge in [0.2, 0.25) is 0 Å². The van der Waals surface area contributed by atoms with Gasteiger partial charge in [0.25, 0.3) is 11.8 Å². The Morgan fingerprint density at radius 2 is 1.48 bits per heavy atom. The molecule has 2 aliphatic heterocycles. The highest BCUT2D eigenvalue weighted by Gasteiger charge is 2.19. The number of anilines is 2. The molecule has 2 atom stereocenters. The summed E-state index contributed by atoms with van der Waals surface area (Å²) in [5, 5.41) is 42.1. The zero-order chi connectivity index (χ0) is 40.3. The van der Waals surface area contributed by atoms with Crippen LogP contribution in [0.1, 0.15) is 75.0 Å². The van der Waals surface area contributed by atoms with Crippen LogP contribution in [0.5, 0.6) is 0 Å². The number of carbonyl (C=O) groups is 2. The minimum absolute atomic E-state index is 0.0417. The van der Waals surface area contributed by atoms with Gasteiger partial charge in [-0.25, -0.2) is 0 Å². The fraction of sp³-hybridized carbons (Fsp3) is 0.244. The first-order chi connectivity index (χ1) is 28.4. The Hall–Kier alpha value is -6.90. The number of benzene rings is 4. The van der Waals surface area contributed by atoms with E-state index in [1.807, 2.05) is 61.5 Å². The minimum atomic E-state index is -0.248. The molecule has 2 aliphatic rings. The molecule has 0 bridgehead atoms. The number of piperidine rings is 1. The number of H-pyrrole nitrogens is 1. The first-order valence-corrected chi connectivity index (χ1v) is 19.4. The Labute approximate surface area is 337 Å². The van der Waals surface area contributed by atoms with E-state index in [1.54, 1.807) is 47.1 Å². The average molecular weight is 773 g/mol. The van der Waals surface area contributed by atoms with Crippen LogP contribution in [0.15, 0.2) is 109 Å². The second kappa shape index (κ2) is 18.8. The van der Waals surface area contributed by atoms with Crippen molar-refractivity contribution in [2.24, 2.45) is 0 Å². The number of carbonyl (C=O) groups excluding carboxylic acids is 2. The highest BCUT2D eigenvalue weighted by atomic mass is 16.5. The van der Waals surface area contributed by atoms with Crippen molar-refractivity contribution < 1.29 is 14.3 Å². The molecule has 0 saturated carbocycles. The molecule has 2 aromatic heterocycles. The van der Waals surface area contributed by atoms with Crippen LogP contribution in [0.25, 0.3) is 22.5 Å². The molecule has 5 N–H and O–H groups in total. The summed E-state index contributed by atoms with van der Waals surface area (Å²) in [5.74, 6) is 0.0766. The van der Waals surface area contributed by atoms with E-state index in [4.69, 9.17) is 15.3 Å². The smallest absolute Gasteiger partial charge is 0.273 e. The third-order valence-electron chi connectivity index (χ3n) is 10.1. The van der Waals surface area contributed by atoms with Crippen molar-refractivity contribution in [3.8, 4) is 34.7 Å². The van der Waals surface area contributed by atoms with Gasteiger partial charge in [0.05, 0.1) is 47.4 Å². The number of aromatic nitrogens is 4. The van der Waals surface area contributed by atoms with Crippen molar-refractivity contribution >= 4 is 23.2 Å². The predicted molar refractivity (Wildman–Crippen MR) is 222 cm³/mol. The number of ether oxygens (including phenoxy) is 1. The molecule has 2 saturated heterocycles. The fourth-order valence-corrected chi connectivity index (χ4v) is 6.96. The van der Waals surface area contributed by atoms with Crippen molar-refractivity contribution in [3.05, 3.63) is 143 Å². The largest absolute Gasteiger partial charge is 0.371 e. The molecular weight excluding hydrogens is 729 g/mol. The molecule has 0 aliphatic carbocycles. The molecule has 13 nitrogen and oxygen atoms in total. The van der Waals surface area contributed by atoms with Crippen molar-refractivity contribution in [1.29, 1.82) is 10.5 Å². The Balaban J connectivity index is 0.000000177. The summed E-state index contributed by atoms with van der Waals surface area (Å²) in [6, 6.07) is 37.7. The normalized spacial score (nSPS) is 16.2. The first-order valence-electron chi connectivity index (χ1n) is 19.4. The topological polar surface area (TPSA) is 186 Å². The number of amides is 2. The van der Waals surface area contributed by atoms with Crippen LogP contribution in [-0.4, -0.2) is 64.6 Å². The lowest BCUT2D eigenvalue weighted by molar-refractivity contribution is 0.0277. The molecule has 0 unspecified atom stereocenters. The maximum atomic E-state index is 12.9. The van der Waals surface area contributed by atoms with Gasteiger partial charge in [0.15, 0.2) is 0 Å². The van der Waals surface area contributed by atoms with E-state index in [2.05, 4.69) is 60.8 Å². The van der Waals surface area contributed by atoms with E-state index in [0.29, 0.717) is 53.0 Å². The van der Waals surface area contributed by atoms with Gasteiger partial charge in [-0.2, -0.15) is 20.7 Å². The number of nitrogens with one attached hydrogen (secondary N) is 5. The van der Waals surface area contributed by atoms with Crippen LogP contribution in [0.3, 0.4) is 0 Å². The van der Waals surface area contributed by atoms with Crippen molar-refractivity contribution in [2.45, 2.75) is 38.3 Å². The van der Waals surface area contributed by atoms with Crippen molar-refractivity contribution in [3.63, 3.8) is 0 Å². The van der Waals surface area contributed by atoms with Crippen LogP contribution in [0.4, 0.5) is 11.4 Å². The molecule has 292 valence electrons. The number of nitrogens with zero attached hydrogens (tertiary/aromatic N) is 5. The summed E-state index contributed by atoms with van der Waals surface area (Å²) in [4.78, 5) is 25.4. The SMILES string of the molecule is CCn1nc(-c2ccc(C#N)cc2)cc1C(=O)Nc1ccc([C@H]2CNCCO2)cc1.N#Cc1cccc(-c2cc(C(=O)Nc3ccc([C@@H]4CCCNC4)cc3)[nH]n2)c1. The van der Waals surface area contributed by atoms with Crippen molar-refractivity contribution in [1.82, 2.24) is 30.6 Å². The molecule has 58 heavy (non-hydrogen) atoms. The third kappa shape index (κ3) is 9.72. The molecule has 0 spiro atoms. The van der Waals surface area contributed by atoms with Crippen LogP contribution in [0, 0.1) is 22.7 Å². The average Bonchev–Trinajstić information content (AvgIpc) is 3.97. The first kappa shape index (κ1) is 39.3. The molecule has 2 amide bonds. The lowest BCUT2D eigenvalue weighted by Gasteiger charge is -2.24. The Bertz CT molecular complexity index is 2410. The zero-order valence-corrected chi connectivity index (χ0v) is 32.2. The summed E-state index contributed by atoms with van der Waals surface area (Å²) in [6.07, 6.45) is 2.44. The minimum Gasteiger partial charge on any atom is -0.371 e. The summed E-state index contributed by atoms with van der Waals surface area (Å²) in [6.45, 7) is 6.99. The molecule has 13 heteroatoms. The number of hydrogen-bond acceptors (Lipinski definition) is 9. The lowest BCUT2D eigenvalue weighted by Crippen LogP contribution is -2.33. The van der Waals surface area contributed by atoms with Crippen LogP contribution < -0.4 is 21.3 Å². The summed E-state index contributed by atoms with van der Waals surface area (Å²) >= 11 is 0. The van der Waals surface area contributed by atoms with Gasteiger partial charge in [0.1, 0.15) is 11.4 Å². The Morgan fingerprint density at radius 1 is 0.776 bits per heavy atom. The summed E-state index contributed by atoms with van der Waals surface area (Å²) in [5.41, 5.74) is 8.83. The predicted octanol–water partition coefficient (Wildman–Crippen LogP) is 7.02. The van der Waals surface area contributed by atoms with E-state index < -0.39 is 0 Å². The van der Waals surface area contributed by atoms with Crippen LogP contribution in [0.2, 0.25) is 0 Å². The van der Waals surface area contributed by atoms with Gasteiger partial charge in [-0.1, -0.05) is 48.5 Å². The van der Waals surface area contributed by atoms with Gasteiger partial charge in [0, 0.05) is 48.7 Å². The molecule has 6 aromatic rings. The maximum absolute atomic E-state index is 12.9. The second-order valence-corrected chi connectivity index (χ2v) is 14.0. The van der Waals surface area contributed by atoms with E-state index in [1.165, 1.54) is 18.4 Å². The molecule has 2 fully saturated rings. The van der Waals surface area contributed by atoms with Gasteiger partial charge >= 0.3 is 0 Å². The third-order valence-corrected chi connectivity index (χ3v) is 10.1. The van der Waals surface area contributed by atoms with Crippen molar-refractivity contribution in [2.75, 3.05) is 43.4 Å². The Morgan fingerprint density at radius 3 is 2.14 bits per heavy atom. The summed E-state index contributed by atoms with van der Waals surface area (Å²) in [7, 11) is 0. The highest BCUT2D eigenvalue weighted by Crippen LogP contribution is 2.26. The van der Waals surface area contributed by atoms with E-state index in [9.17, 15) is 9.59 Å². The molecule has 0 radical (unpaired) electrons. The van der Waals surface area contributed by atoms with E-state index >= 15 is 0 Å².